The molecule has 0 aromatic heterocycles. The van der Waals surface area contributed by atoms with Gasteiger partial charge in [0.25, 0.3) is 0 Å². The number of unbranched alkanes of at least 4 members (excludes halogenated alkanes) is 2. The van der Waals surface area contributed by atoms with Crippen LogP contribution in [-0.2, 0) is 4.79 Å². The van der Waals surface area contributed by atoms with Crippen LogP contribution in [0.25, 0.3) is 0 Å². The molecule has 0 saturated carbocycles. The number of carbonyl (C=O) groups excluding carboxylic acids is 1. The Kier molecular flexibility index (Phi) is 4.83. The van der Waals surface area contributed by atoms with E-state index in [2.05, 4.69) is 5.92 Å². The fourth-order valence-corrected chi connectivity index (χ4v) is 2.31. The molecule has 21 heavy (non-hydrogen) atoms. The van der Waals surface area contributed by atoms with Gasteiger partial charge >= 0.3 is 5.97 Å². The van der Waals surface area contributed by atoms with Crippen LogP contribution in [-0.4, -0.2) is 30.1 Å². The molecular formula is C16H17NO4. The highest BCUT2D eigenvalue weighted by Crippen LogP contribution is 2.35. The lowest BCUT2D eigenvalue weighted by Crippen LogP contribution is -2.38. The normalized spacial score (nSPS) is 13.0. The molecule has 0 bridgehead atoms. The third-order valence-electron chi connectivity index (χ3n) is 3.34. The predicted molar refractivity (Wildman–Crippen MR) is 78.6 cm³/mol. The Morgan fingerprint density at radius 2 is 2.19 bits per heavy atom. The van der Waals surface area contributed by atoms with Crippen molar-refractivity contribution in [3.8, 4) is 18.1 Å². The largest absolute Gasteiger partial charge is 0.489 e. The summed E-state index contributed by atoms with van der Waals surface area (Å²) in [6.07, 6.45) is 7.79. The Morgan fingerprint density at radius 1 is 1.38 bits per heavy atom. The number of hydrogen-bond donors (Lipinski definition) is 1. The number of fused-ring (bicyclic) bond motifs is 1. The number of rotatable bonds is 5. The third-order valence-corrected chi connectivity index (χ3v) is 3.34. The van der Waals surface area contributed by atoms with E-state index in [0.717, 1.165) is 12.8 Å². The van der Waals surface area contributed by atoms with Gasteiger partial charge in [-0.05, 0) is 25.0 Å². The van der Waals surface area contributed by atoms with Crippen LogP contribution in [0.5, 0.6) is 5.75 Å². The lowest BCUT2D eigenvalue weighted by molar-refractivity contribution is -0.119. The summed E-state index contributed by atoms with van der Waals surface area (Å²) in [5, 5.41) is 9.16. The van der Waals surface area contributed by atoms with Gasteiger partial charge in [0.05, 0.1) is 12.2 Å². The molecule has 5 nitrogen and oxygen atoms in total. The van der Waals surface area contributed by atoms with Gasteiger partial charge in [-0.15, -0.1) is 12.3 Å². The molecular weight excluding hydrogens is 270 g/mol. The molecule has 1 aromatic carbocycles. The zero-order valence-corrected chi connectivity index (χ0v) is 11.7. The summed E-state index contributed by atoms with van der Waals surface area (Å²) in [5.41, 5.74) is 0.612. The minimum Gasteiger partial charge on any atom is -0.489 e. The quantitative estimate of drug-likeness (QED) is 0.666. The summed E-state index contributed by atoms with van der Waals surface area (Å²) in [4.78, 5) is 25.1. The first-order valence-corrected chi connectivity index (χ1v) is 6.88. The average Bonchev–Trinajstić information content (AvgIpc) is 2.50. The van der Waals surface area contributed by atoms with E-state index in [4.69, 9.17) is 16.3 Å². The van der Waals surface area contributed by atoms with Gasteiger partial charge in [-0.1, -0.05) is 6.07 Å². The Labute approximate surface area is 123 Å². The van der Waals surface area contributed by atoms with Crippen LogP contribution in [0.1, 0.15) is 36.0 Å². The molecule has 0 unspecified atom stereocenters. The third kappa shape index (κ3) is 3.34. The number of aromatic carboxylic acids is 1. The summed E-state index contributed by atoms with van der Waals surface area (Å²) in [7, 11) is 0. The second-order valence-corrected chi connectivity index (χ2v) is 4.76. The van der Waals surface area contributed by atoms with E-state index >= 15 is 0 Å². The van der Waals surface area contributed by atoms with E-state index in [9.17, 15) is 9.59 Å². The van der Waals surface area contributed by atoms with Gasteiger partial charge in [-0.2, -0.15) is 0 Å². The van der Waals surface area contributed by atoms with Crippen molar-refractivity contribution in [3.05, 3.63) is 23.8 Å². The number of carboxylic acid groups (broad SMARTS) is 1. The zero-order chi connectivity index (χ0) is 15.2. The van der Waals surface area contributed by atoms with E-state index in [-0.39, 0.29) is 17.2 Å². The monoisotopic (exact) mass is 287 g/mol. The van der Waals surface area contributed by atoms with E-state index in [1.807, 2.05) is 0 Å². The fourth-order valence-electron chi connectivity index (χ4n) is 2.31. The van der Waals surface area contributed by atoms with Crippen molar-refractivity contribution >= 4 is 17.6 Å². The molecule has 2 rings (SSSR count). The number of carbonyl (C=O) groups is 2. The molecule has 0 aliphatic carbocycles. The highest BCUT2D eigenvalue weighted by atomic mass is 16.5. The Bertz CT molecular complexity index is 588. The summed E-state index contributed by atoms with van der Waals surface area (Å²) >= 11 is 0. The predicted octanol–water partition coefficient (Wildman–Crippen LogP) is 2.30. The van der Waals surface area contributed by atoms with Crippen molar-refractivity contribution in [3.63, 3.8) is 0 Å². The standard InChI is InChI=1S/C16H17NO4/c1-2-3-4-5-9-14(18)17-10-11-21-15-12(16(19)20)7-6-8-13(15)17/h1,6-8H,3-5,9-11H2,(H,19,20). The van der Waals surface area contributed by atoms with Crippen LogP contribution in [0.4, 0.5) is 5.69 Å². The molecule has 1 amide bonds. The van der Waals surface area contributed by atoms with Crippen molar-refractivity contribution in [2.24, 2.45) is 0 Å². The first-order chi connectivity index (χ1) is 10.1. The van der Waals surface area contributed by atoms with Gasteiger partial charge < -0.3 is 14.7 Å². The number of benzene rings is 1. The van der Waals surface area contributed by atoms with Crippen molar-refractivity contribution in [2.45, 2.75) is 25.7 Å². The molecule has 1 aromatic rings. The number of terminal acetylenes is 1. The number of carboxylic acids is 1. The van der Waals surface area contributed by atoms with Crippen LogP contribution in [0.3, 0.4) is 0 Å². The summed E-state index contributed by atoms with van der Waals surface area (Å²) in [6, 6.07) is 4.80. The van der Waals surface area contributed by atoms with Gasteiger partial charge in [-0.25, -0.2) is 4.79 Å². The van der Waals surface area contributed by atoms with E-state index < -0.39 is 5.97 Å². The molecule has 0 fully saturated rings. The first kappa shape index (κ1) is 14.9. The highest BCUT2D eigenvalue weighted by Gasteiger charge is 2.26. The Morgan fingerprint density at radius 3 is 2.90 bits per heavy atom. The molecule has 110 valence electrons. The molecule has 0 saturated heterocycles. The first-order valence-electron chi connectivity index (χ1n) is 6.88. The van der Waals surface area contributed by atoms with E-state index in [0.29, 0.717) is 31.7 Å². The second-order valence-electron chi connectivity index (χ2n) is 4.76. The van der Waals surface area contributed by atoms with Crippen molar-refractivity contribution in [1.82, 2.24) is 0 Å². The maximum absolute atomic E-state index is 12.3. The summed E-state index contributed by atoms with van der Waals surface area (Å²) in [6.45, 7) is 0.734. The van der Waals surface area contributed by atoms with Gasteiger partial charge in [0.1, 0.15) is 12.2 Å². The van der Waals surface area contributed by atoms with Gasteiger partial charge in [0.15, 0.2) is 5.75 Å². The van der Waals surface area contributed by atoms with E-state index in [1.165, 1.54) is 6.07 Å². The SMILES string of the molecule is C#CCCCCC(=O)N1CCOc2c(C(=O)O)cccc21. The summed E-state index contributed by atoms with van der Waals surface area (Å²) in [5.74, 6) is 1.73. The Hall–Kier alpha value is -2.48. The fraction of sp³-hybridized carbons (Fsp3) is 0.375. The topological polar surface area (TPSA) is 66.8 Å². The highest BCUT2D eigenvalue weighted by molar-refractivity contribution is 5.99. The lowest BCUT2D eigenvalue weighted by Gasteiger charge is -2.30. The smallest absolute Gasteiger partial charge is 0.339 e. The van der Waals surface area contributed by atoms with Crippen LogP contribution in [0, 0.1) is 12.3 Å². The Balaban J connectivity index is 2.15. The molecule has 0 atom stereocenters. The number of anilines is 1. The number of amides is 1. The molecule has 5 heteroatoms. The minimum absolute atomic E-state index is 0.0286. The number of nitrogens with zero attached hydrogens (tertiary/aromatic N) is 1. The van der Waals surface area contributed by atoms with Gasteiger partial charge in [0.2, 0.25) is 5.91 Å². The van der Waals surface area contributed by atoms with Crippen LogP contribution in [0.2, 0.25) is 0 Å². The van der Waals surface area contributed by atoms with Crippen LogP contribution in [0.15, 0.2) is 18.2 Å². The van der Waals surface area contributed by atoms with Crippen molar-refractivity contribution < 1.29 is 19.4 Å². The van der Waals surface area contributed by atoms with Gasteiger partial charge in [-0.3, -0.25) is 4.79 Å². The number of para-hydroxylation sites is 1. The molecule has 1 N–H and O–H groups in total. The molecule has 0 radical (unpaired) electrons. The second kappa shape index (κ2) is 6.80. The molecule has 1 aliphatic heterocycles. The zero-order valence-electron chi connectivity index (χ0n) is 11.7. The van der Waals surface area contributed by atoms with E-state index in [1.54, 1.807) is 17.0 Å². The maximum atomic E-state index is 12.3. The molecule has 0 spiro atoms. The summed E-state index contributed by atoms with van der Waals surface area (Å²) < 4.78 is 5.44. The van der Waals surface area contributed by atoms with Crippen LogP contribution < -0.4 is 9.64 Å². The van der Waals surface area contributed by atoms with Crippen molar-refractivity contribution in [2.75, 3.05) is 18.1 Å². The number of hydrogen-bond acceptors (Lipinski definition) is 3. The van der Waals surface area contributed by atoms with Crippen molar-refractivity contribution in [1.29, 1.82) is 0 Å². The maximum Gasteiger partial charge on any atom is 0.339 e. The van der Waals surface area contributed by atoms with Gasteiger partial charge in [0, 0.05) is 12.8 Å². The molecule has 1 heterocycles. The average molecular weight is 287 g/mol. The molecule has 1 aliphatic rings. The minimum atomic E-state index is -1.06. The number of ether oxygens (including phenoxy) is 1. The lowest BCUT2D eigenvalue weighted by atomic mass is 10.1. The van der Waals surface area contributed by atoms with Crippen LogP contribution >= 0.6 is 0 Å².